The van der Waals surface area contributed by atoms with E-state index in [0.29, 0.717) is 35.7 Å². The Labute approximate surface area is 224 Å². The van der Waals surface area contributed by atoms with Crippen LogP contribution in [0.2, 0.25) is 0 Å². The van der Waals surface area contributed by atoms with Crippen LogP contribution >= 0.6 is 0 Å². The summed E-state index contributed by atoms with van der Waals surface area (Å²) in [7, 11) is -3.70. The predicted molar refractivity (Wildman–Crippen MR) is 143 cm³/mol. The Morgan fingerprint density at radius 2 is 1.97 bits per heavy atom. The van der Waals surface area contributed by atoms with Crippen molar-refractivity contribution in [3.63, 3.8) is 0 Å². The average molecular weight is 541 g/mol. The monoisotopic (exact) mass is 540 g/mol. The second-order valence-corrected chi connectivity index (χ2v) is 12.6. The summed E-state index contributed by atoms with van der Waals surface area (Å²) in [5.74, 6) is -0.849. The molecule has 38 heavy (non-hydrogen) atoms. The molecule has 1 aliphatic heterocycles. The standard InChI is InChI=1S/C28H36N4O5S/c1-6-31-17-24(29-30-31)18-37-26(28(4,5)27(33)34)22-12-11-20(3)23(14-22)16-32-15-19(2)13-21-9-7-8-10-25(21)38(32,35)36/h7-12,14,17,19,26H,6,13,15-16,18H2,1-5H3,(H,33,34)/t19-,26-/m0/s1. The van der Waals surface area contributed by atoms with Gasteiger partial charge in [-0.05, 0) is 68.4 Å². The summed E-state index contributed by atoms with van der Waals surface area (Å²) in [5.41, 5.74) is 2.59. The molecule has 0 amide bonds. The van der Waals surface area contributed by atoms with Gasteiger partial charge in [-0.15, -0.1) is 5.10 Å². The van der Waals surface area contributed by atoms with Crippen molar-refractivity contribution in [3.05, 3.63) is 76.6 Å². The number of fused-ring (bicyclic) bond motifs is 1. The minimum Gasteiger partial charge on any atom is -0.481 e. The van der Waals surface area contributed by atoms with E-state index < -0.39 is 27.5 Å². The van der Waals surface area contributed by atoms with E-state index in [1.807, 2.05) is 44.2 Å². The van der Waals surface area contributed by atoms with Gasteiger partial charge in [0.2, 0.25) is 10.0 Å². The number of aryl methyl sites for hydroxylation is 2. The van der Waals surface area contributed by atoms with Crippen molar-refractivity contribution in [2.24, 2.45) is 11.3 Å². The van der Waals surface area contributed by atoms with Crippen molar-refractivity contribution in [1.29, 1.82) is 0 Å². The summed E-state index contributed by atoms with van der Waals surface area (Å²) < 4.78 is 36.7. The van der Waals surface area contributed by atoms with Gasteiger partial charge in [-0.2, -0.15) is 4.31 Å². The summed E-state index contributed by atoms with van der Waals surface area (Å²) in [6.07, 6.45) is 1.66. The van der Waals surface area contributed by atoms with E-state index in [1.54, 1.807) is 36.9 Å². The minimum atomic E-state index is -3.70. The van der Waals surface area contributed by atoms with Crippen molar-refractivity contribution in [2.75, 3.05) is 6.54 Å². The summed E-state index contributed by atoms with van der Waals surface area (Å²) in [5, 5.41) is 18.2. The molecule has 0 aliphatic carbocycles. The molecule has 0 spiro atoms. The zero-order valence-corrected chi connectivity index (χ0v) is 23.4. The summed E-state index contributed by atoms with van der Waals surface area (Å²) in [4.78, 5) is 12.6. The first-order valence-corrected chi connectivity index (χ1v) is 14.3. The van der Waals surface area contributed by atoms with Gasteiger partial charge < -0.3 is 9.84 Å². The topological polar surface area (TPSA) is 115 Å². The van der Waals surface area contributed by atoms with E-state index in [4.69, 9.17) is 4.74 Å². The molecular formula is C28H36N4O5S. The highest BCUT2D eigenvalue weighted by molar-refractivity contribution is 7.89. The fourth-order valence-corrected chi connectivity index (χ4v) is 6.65. The van der Waals surface area contributed by atoms with Gasteiger partial charge in [0.05, 0.1) is 29.2 Å². The van der Waals surface area contributed by atoms with Gasteiger partial charge in [0.1, 0.15) is 5.69 Å². The highest BCUT2D eigenvalue weighted by Crippen LogP contribution is 2.39. The molecule has 0 radical (unpaired) electrons. The highest BCUT2D eigenvalue weighted by Gasteiger charge is 2.40. The first-order valence-electron chi connectivity index (χ1n) is 12.8. The van der Waals surface area contributed by atoms with Crippen molar-refractivity contribution in [3.8, 4) is 0 Å². The van der Waals surface area contributed by atoms with Gasteiger partial charge in [-0.1, -0.05) is 48.5 Å². The fourth-order valence-electron chi connectivity index (χ4n) is 4.87. The Hall–Kier alpha value is -3.08. The van der Waals surface area contributed by atoms with Crippen LogP contribution in [0.4, 0.5) is 0 Å². The van der Waals surface area contributed by atoms with Crippen molar-refractivity contribution >= 4 is 16.0 Å². The number of hydrogen-bond donors (Lipinski definition) is 1. The van der Waals surface area contributed by atoms with E-state index in [1.165, 1.54) is 4.31 Å². The number of ether oxygens (including phenoxy) is 1. The van der Waals surface area contributed by atoms with Gasteiger partial charge in [0, 0.05) is 19.6 Å². The molecule has 10 heteroatoms. The molecule has 4 rings (SSSR count). The van der Waals surface area contributed by atoms with Gasteiger partial charge in [0.15, 0.2) is 0 Å². The van der Waals surface area contributed by atoms with Crippen molar-refractivity contribution in [1.82, 2.24) is 19.3 Å². The molecule has 1 aromatic heterocycles. The maximum absolute atomic E-state index is 13.6. The number of carboxylic acids is 1. The molecule has 0 saturated heterocycles. The number of sulfonamides is 1. The second kappa shape index (κ2) is 11.0. The normalized spacial score (nSPS) is 18.5. The minimum absolute atomic E-state index is 0.0966. The van der Waals surface area contributed by atoms with Gasteiger partial charge in [0.25, 0.3) is 0 Å². The zero-order chi connectivity index (χ0) is 27.7. The number of carbonyl (C=O) groups is 1. The summed E-state index contributed by atoms with van der Waals surface area (Å²) in [6, 6.07) is 12.8. The van der Waals surface area contributed by atoms with Crippen LogP contribution < -0.4 is 0 Å². The van der Waals surface area contributed by atoms with Gasteiger partial charge >= 0.3 is 5.97 Å². The van der Waals surface area contributed by atoms with Crippen LogP contribution in [0.25, 0.3) is 0 Å². The third-order valence-electron chi connectivity index (χ3n) is 7.21. The van der Waals surface area contributed by atoms with Crippen molar-refractivity contribution in [2.45, 2.75) is 71.7 Å². The molecule has 0 bridgehead atoms. The molecule has 0 saturated carbocycles. The quantitative estimate of drug-likeness (QED) is 0.429. The summed E-state index contributed by atoms with van der Waals surface area (Å²) >= 11 is 0. The highest BCUT2D eigenvalue weighted by atomic mass is 32.2. The molecule has 3 aromatic rings. The van der Waals surface area contributed by atoms with Gasteiger partial charge in [-0.25, -0.2) is 8.42 Å². The summed E-state index contributed by atoms with van der Waals surface area (Å²) in [6.45, 7) is 10.5. The van der Waals surface area contributed by atoms with Crippen LogP contribution in [0, 0.1) is 18.3 Å². The number of aliphatic carboxylic acids is 1. The number of benzene rings is 2. The van der Waals surface area contributed by atoms with E-state index in [0.717, 1.165) is 16.7 Å². The molecule has 2 atom stereocenters. The van der Waals surface area contributed by atoms with Gasteiger partial charge in [-0.3, -0.25) is 9.48 Å². The smallest absolute Gasteiger partial charge is 0.312 e. The Bertz CT molecular complexity index is 1420. The lowest BCUT2D eigenvalue weighted by atomic mass is 9.81. The lowest BCUT2D eigenvalue weighted by Gasteiger charge is -2.31. The lowest BCUT2D eigenvalue weighted by Crippen LogP contribution is -2.34. The molecule has 204 valence electrons. The van der Waals surface area contributed by atoms with Crippen LogP contribution in [0.15, 0.2) is 53.6 Å². The SMILES string of the molecule is CCn1cc(CO[C@@H](c2ccc(C)c(CN3C[C@@H](C)Cc4ccccc4S3(=O)=O)c2)C(C)(C)C(=O)O)nn1. The molecule has 1 aliphatic rings. The maximum atomic E-state index is 13.6. The number of nitrogens with zero attached hydrogens (tertiary/aromatic N) is 4. The van der Waals surface area contributed by atoms with Crippen LogP contribution in [0.5, 0.6) is 0 Å². The third kappa shape index (κ3) is 5.67. The van der Waals surface area contributed by atoms with E-state index in [9.17, 15) is 18.3 Å². The zero-order valence-electron chi connectivity index (χ0n) is 22.6. The molecule has 0 fully saturated rings. The van der Waals surface area contributed by atoms with Crippen LogP contribution in [-0.4, -0.2) is 45.3 Å². The van der Waals surface area contributed by atoms with Crippen LogP contribution in [0.1, 0.15) is 61.7 Å². The van der Waals surface area contributed by atoms with Crippen molar-refractivity contribution < 1.29 is 23.1 Å². The lowest BCUT2D eigenvalue weighted by molar-refractivity contribution is -0.158. The van der Waals surface area contributed by atoms with E-state index in [-0.39, 0.29) is 19.1 Å². The Kier molecular flexibility index (Phi) is 8.06. The Morgan fingerprint density at radius 3 is 2.66 bits per heavy atom. The molecule has 2 heterocycles. The third-order valence-corrected chi connectivity index (χ3v) is 9.12. The molecule has 1 N–H and O–H groups in total. The Morgan fingerprint density at radius 1 is 1.24 bits per heavy atom. The fraction of sp³-hybridized carbons (Fsp3) is 0.464. The Balaban J connectivity index is 1.67. The van der Waals surface area contributed by atoms with E-state index in [2.05, 4.69) is 17.2 Å². The number of rotatable bonds is 9. The largest absolute Gasteiger partial charge is 0.481 e. The van der Waals surface area contributed by atoms with Crippen LogP contribution in [0.3, 0.4) is 0 Å². The second-order valence-electron chi connectivity index (χ2n) is 10.7. The average Bonchev–Trinajstić information content (AvgIpc) is 3.30. The number of hydrogen-bond acceptors (Lipinski definition) is 6. The first-order chi connectivity index (χ1) is 17.9. The number of carboxylic acid groups (broad SMARTS) is 1. The van der Waals surface area contributed by atoms with E-state index >= 15 is 0 Å². The molecule has 2 aromatic carbocycles. The number of aromatic nitrogens is 3. The molecular weight excluding hydrogens is 504 g/mol. The maximum Gasteiger partial charge on any atom is 0.312 e. The first kappa shape index (κ1) is 27.9. The molecule has 0 unspecified atom stereocenters. The molecule has 9 nitrogen and oxygen atoms in total. The van der Waals surface area contributed by atoms with Crippen LogP contribution in [-0.2, 0) is 45.7 Å². The predicted octanol–water partition coefficient (Wildman–Crippen LogP) is 4.36.